The van der Waals surface area contributed by atoms with Gasteiger partial charge in [0.2, 0.25) is 5.91 Å². The molecular formula is C32H53BrN6O. The van der Waals surface area contributed by atoms with Crippen LogP contribution in [0.5, 0.6) is 0 Å². The first-order chi connectivity index (χ1) is 19.2. The summed E-state index contributed by atoms with van der Waals surface area (Å²) in [5.41, 5.74) is 4.74. The lowest BCUT2D eigenvalue weighted by Crippen LogP contribution is -2.44. The van der Waals surface area contributed by atoms with Gasteiger partial charge in [0.05, 0.1) is 4.48 Å². The number of piperazine rings is 1. The first-order valence-corrected chi connectivity index (χ1v) is 16.0. The number of carbonyl (C=O) groups is 1. The smallest absolute Gasteiger partial charge is 0.222 e. The average molecular weight is 618 g/mol. The maximum Gasteiger partial charge on any atom is 0.222 e. The lowest BCUT2D eigenvalue weighted by atomic mass is 9.99. The first-order valence-electron chi connectivity index (χ1n) is 15.2. The fraction of sp³-hybridized carbons (Fsp3) is 0.625. The van der Waals surface area contributed by atoms with Crippen LogP contribution in [0, 0.1) is 0 Å². The third-order valence-electron chi connectivity index (χ3n) is 7.24. The van der Waals surface area contributed by atoms with Crippen molar-refractivity contribution in [3.8, 4) is 0 Å². The fourth-order valence-electron chi connectivity index (χ4n) is 4.74. The number of nitrogens with zero attached hydrogens (tertiary/aromatic N) is 4. The quantitative estimate of drug-likeness (QED) is 0.0967. The molecule has 1 amide bonds. The Morgan fingerprint density at radius 2 is 1.82 bits per heavy atom. The van der Waals surface area contributed by atoms with E-state index in [1.54, 1.807) is 0 Å². The molecule has 40 heavy (non-hydrogen) atoms. The number of likely N-dealkylation sites (N-methyl/N-ethyl adjacent to an activating group) is 1. The molecule has 0 aromatic heterocycles. The second-order valence-corrected chi connectivity index (χ2v) is 11.8. The number of hydrogen-bond acceptors (Lipinski definition) is 5. The van der Waals surface area contributed by atoms with Crippen LogP contribution in [0.15, 0.2) is 45.6 Å². The van der Waals surface area contributed by atoms with Crippen molar-refractivity contribution in [3.05, 3.63) is 46.2 Å². The molecule has 1 fully saturated rings. The number of aliphatic imine (C=N–C) groups is 1. The minimum atomic E-state index is 0.241. The Morgan fingerprint density at radius 3 is 2.45 bits per heavy atom. The van der Waals surface area contributed by atoms with Crippen molar-refractivity contribution in [1.82, 2.24) is 15.1 Å². The fourth-order valence-corrected chi connectivity index (χ4v) is 5.14. The minimum Gasteiger partial charge on any atom is -0.384 e. The monoisotopic (exact) mass is 616 g/mol. The van der Waals surface area contributed by atoms with Gasteiger partial charge in [0.1, 0.15) is 5.84 Å². The summed E-state index contributed by atoms with van der Waals surface area (Å²) in [7, 11) is 2.19. The van der Waals surface area contributed by atoms with E-state index in [4.69, 9.17) is 4.99 Å². The van der Waals surface area contributed by atoms with Gasteiger partial charge in [0, 0.05) is 75.5 Å². The molecule has 2 N–H and O–H groups in total. The van der Waals surface area contributed by atoms with Crippen LogP contribution >= 0.6 is 15.9 Å². The van der Waals surface area contributed by atoms with Gasteiger partial charge in [0.15, 0.2) is 0 Å². The molecule has 1 aromatic carbocycles. The normalized spacial score (nSPS) is 15.5. The van der Waals surface area contributed by atoms with Gasteiger partial charge in [-0.25, -0.2) is 4.99 Å². The van der Waals surface area contributed by atoms with E-state index in [0.29, 0.717) is 12.3 Å². The number of allylic oxidation sites excluding steroid dienone is 2. The van der Waals surface area contributed by atoms with Gasteiger partial charge >= 0.3 is 0 Å². The predicted molar refractivity (Wildman–Crippen MR) is 177 cm³/mol. The van der Waals surface area contributed by atoms with Gasteiger partial charge in [-0.1, -0.05) is 47.1 Å². The number of rotatable bonds is 15. The van der Waals surface area contributed by atoms with Crippen molar-refractivity contribution in [2.75, 3.05) is 63.1 Å². The molecule has 1 aromatic rings. The Bertz CT molecular complexity index is 1010. The van der Waals surface area contributed by atoms with Gasteiger partial charge in [-0.2, -0.15) is 0 Å². The van der Waals surface area contributed by atoms with Gasteiger partial charge in [-0.05, 0) is 78.8 Å². The second-order valence-electron chi connectivity index (χ2n) is 10.9. The average Bonchev–Trinajstić information content (AvgIpc) is 2.95. The summed E-state index contributed by atoms with van der Waals surface area (Å²) in [6, 6.07) is 6.75. The van der Waals surface area contributed by atoms with E-state index in [1.807, 2.05) is 24.9 Å². The molecule has 0 unspecified atom stereocenters. The molecule has 0 saturated carbocycles. The highest BCUT2D eigenvalue weighted by molar-refractivity contribution is 9.12. The SMILES string of the molecule is CC/C=C(NCCCN(CCCC)C(=O)CC)/C(Br)=C\N=C(C)Nc1ccc(N2CCN(C)CC2)cc1C(C)C. The van der Waals surface area contributed by atoms with Crippen LogP contribution in [0.2, 0.25) is 0 Å². The molecule has 0 atom stereocenters. The van der Waals surface area contributed by atoms with Crippen LogP contribution < -0.4 is 15.5 Å². The maximum atomic E-state index is 12.2. The Kier molecular flexibility index (Phi) is 15.4. The Labute approximate surface area is 252 Å². The number of anilines is 2. The van der Waals surface area contributed by atoms with Crippen molar-refractivity contribution in [3.63, 3.8) is 0 Å². The van der Waals surface area contributed by atoms with Crippen LogP contribution in [0.4, 0.5) is 11.4 Å². The molecule has 0 bridgehead atoms. The van der Waals surface area contributed by atoms with E-state index < -0.39 is 0 Å². The number of amidine groups is 1. The number of hydrogen-bond donors (Lipinski definition) is 2. The number of benzene rings is 1. The second kappa shape index (κ2) is 18.2. The van der Waals surface area contributed by atoms with Gasteiger partial charge in [-0.15, -0.1) is 0 Å². The van der Waals surface area contributed by atoms with Gasteiger partial charge in [-0.3, -0.25) is 4.79 Å². The molecule has 0 radical (unpaired) electrons. The molecule has 1 heterocycles. The number of nitrogens with one attached hydrogen (secondary N) is 2. The Balaban J connectivity index is 2.02. The lowest BCUT2D eigenvalue weighted by molar-refractivity contribution is -0.131. The van der Waals surface area contributed by atoms with E-state index in [2.05, 4.69) is 95.4 Å². The molecule has 1 aliphatic heterocycles. The molecule has 0 spiro atoms. The Morgan fingerprint density at radius 1 is 1.12 bits per heavy atom. The summed E-state index contributed by atoms with van der Waals surface area (Å²) >= 11 is 3.73. The maximum absolute atomic E-state index is 12.2. The summed E-state index contributed by atoms with van der Waals surface area (Å²) < 4.78 is 0.914. The van der Waals surface area contributed by atoms with Crippen molar-refractivity contribution in [2.24, 2.45) is 4.99 Å². The number of carbonyl (C=O) groups excluding carboxylic acids is 1. The zero-order valence-electron chi connectivity index (χ0n) is 26.0. The molecule has 0 aliphatic carbocycles. The lowest BCUT2D eigenvalue weighted by Gasteiger charge is -2.34. The predicted octanol–water partition coefficient (Wildman–Crippen LogP) is 6.94. The van der Waals surface area contributed by atoms with E-state index >= 15 is 0 Å². The molecular weight excluding hydrogens is 564 g/mol. The van der Waals surface area contributed by atoms with Crippen molar-refractivity contribution in [2.45, 2.75) is 79.6 Å². The highest BCUT2D eigenvalue weighted by Gasteiger charge is 2.17. The van der Waals surface area contributed by atoms with E-state index in [9.17, 15) is 4.79 Å². The number of amides is 1. The molecule has 2 rings (SSSR count). The standard InChI is InChI=1S/C32H53BrN6O/c1-8-11-17-39(32(40)10-3)18-12-16-34-31(13-9-2)29(33)24-35-26(6)36-30-15-14-27(23-28(30)25(4)5)38-21-19-37(7)20-22-38/h13-15,23-25,34H,8-12,16-22H2,1-7H3,(H,35,36)/b29-24+,31-13-. The van der Waals surface area contributed by atoms with Crippen molar-refractivity contribution < 1.29 is 4.79 Å². The van der Waals surface area contributed by atoms with Crippen molar-refractivity contribution >= 4 is 39.0 Å². The van der Waals surface area contributed by atoms with Crippen molar-refractivity contribution in [1.29, 1.82) is 0 Å². The summed E-state index contributed by atoms with van der Waals surface area (Å²) in [4.78, 5) is 23.8. The van der Waals surface area contributed by atoms with E-state index in [0.717, 1.165) is 93.2 Å². The Hall–Kier alpha value is -2.32. The molecule has 1 saturated heterocycles. The third kappa shape index (κ3) is 11.3. The van der Waals surface area contributed by atoms with Crippen LogP contribution in [0.25, 0.3) is 0 Å². The van der Waals surface area contributed by atoms with Crippen LogP contribution in [-0.4, -0.2) is 74.4 Å². The highest BCUT2D eigenvalue weighted by Crippen LogP contribution is 2.30. The van der Waals surface area contributed by atoms with E-state index in [-0.39, 0.29) is 5.91 Å². The van der Waals surface area contributed by atoms with E-state index in [1.165, 1.54) is 11.3 Å². The van der Waals surface area contributed by atoms with Gasteiger partial charge in [0.25, 0.3) is 0 Å². The minimum absolute atomic E-state index is 0.241. The number of unbranched alkanes of at least 4 members (excludes halogenated alkanes) is 1. The first kappa shape index (κ1) is 33.9. The summed E-state index contributed by atoms with van der Waals surface area (Å²) in [6.07, 6.45) is 8.57. The highest BCUT2D eigenvalue weighted by atomic mass is 79.9. The molecule has 8 heteroatoms. The summed E-state index contributed by atoms with van der Waals surface area (Å²) in [5.74, 6) is 1.48. The van der Waals surface area contributed by atoms with Crippen LogP contribution in [-0.2, 0) is 4.79 Å². The zero-order chi connectivity index (χ0) is 29.5. The van der Waals surface area contributed by atoms with Crippen LogP contribution in [0.1, 0.15) is 85.1 Å². The molecule has 224 valence electrons. The van der Waals surface area contributed by atoms with Crippen LogP contribution in [0.3, 0.4) is 0 Å². The molecule has 7 nitrogen and oxygen atoms in total. The topological polar surface area (TPSA) is 63.2 Å². The van der Waals surface area contributed by atoms with Gasteiger partial charge < -0.3 is 25.3 Å². The largest absolute Gasteiger partial charge is 0.384 e. The molecule has 1 aliphatic rings. The summed E-state index contributed by atoms with van der Waals surface area (Å²) in [5, 5.41) is 7.07. The third-order valence-corrected chi connectivity index (χ3v) is 7.87. The zero-order valence-corrected chi connectivity index (χ0v) is 27.6. The summed E-state index contributed by atoms with van der Waals surface area (Å²) in [6.45, 7) is 19.5. The number of halogens is 1.